The Morgan fingerprint density at radius 2 is 2.07 bits per heavy atom. The summed E-state index contributed by atoms with van der Waals surface area (Å²) >= 11 is 0. The zero-order chi connectivity index (χ0) is 10.7. The minimum Gasteiger partial charge on any atom is -0.480 e. The molecule has 2 rings (SSSR count). The van der Waals surface area contributed by atoms with Gasteiger partial charge in [-0.2, -0.15) is 0 Å². The molecule has 1 aromatic rings. The van der Waals surface area contributed by atoms with Crippen molar-refractivity contribution < 1.29 is 9.84 Å². The van der Waals surface area contributed by atoms with Crippen molar-refractivity contribution in [2.75, 3.05) is 13.2 Å². The molecule has 3 nitrogen and oxygen atoms in total. The molecule has 1 unspecified atom stereocenters. The molecule has 1 saturated heterocycles. The first-order chi connectivity index (χ1) is 7.29. The number of aliphatic hydroxyl groups excluding tert-OH is 1. The number of rotatable bonds is 3. The van der Waals surface area contributed by atoms with Crippen molar-refractivity contribution in [1.82, 2.24) is 0 Å². The van der Waals surface area contributed by atoms with Gasteiger partial charge in [0.2, 0.25) is 0 Å². The topological polar surface area (TPSA) is 53.3 Å². The smallest absolute Gasteiger partial charge is 0.191 e. The molecule has 0 saturated carbocycles. The second-order valence-corrected chi connectivity index (χ2v) is 3.85. The zero-order valence-electron chi connectivity index (χ0n) is 8.57. The molecule has 0 radical (unpaired) electrons. The lowest BCUT2D eigenvalue weighted by molar-refractivity contribution is 0.262. The maximum atomic E-state index is 9.12. The third-order valence-electron chi connectivity index (χ3n) is 3.07. The van der Waals surface area contributed by atoms with E-state index in [1.807, 2.05) is 30.3 Å². The van der Waals surface area contributed by atoms with E-state index < -0.39 is 5.41 Å². The fraction of sp³-hybridized carbons (Fsp3) is 0.417. The van der Waals surface area contributed by atoms with Gasteiger partial charge < -0.3 is 9.84 Å². The zero-order valence-corrected chi connectivity index (χ0v) is 8.57. The molecule has 0 bridgehead atoms. The molecule has 1 aromatic carbocycles. The van der Waals surface area contributed by atoms with Crippen LogP contribution in [0, 0.1) is 5.41 Å². The number of ether oxygens (including phenoxy) is 1. The molecule has 1 heterocycles. The first-order valence-electron chi connectivity index (χ1n) is 5.18. The van der Waals surface area contributed by atoms with Crippen LogP contribution in [0.2, 0.25) is 0 Å². The molecule has 1 atom stereocenters. The molecule has 0 aliphatic carbocycles. The van der Waals surface area contributed by atoms with Gasteiger partial charge in [0.1, 0.15) is 0 Å². The summed E-state index contributed by atoms with van der Waals surface area (Å²) in [5, 5.41) is 17.0. The van der Waals surface area contributed by atoms with Crippen molar-refractivity contribution in [3.63, 3.8) is 0 Å². The van der Waals surface area contributed by atoms with Crippen LogP contribution in [0.4, 0.5) is 0 Å². The van der Waals surface area contributed by atoms with Gasteiger partial charge >= 0.3 is 0 Å². The highest BCUT2D eigenvalue weighted by Gasteiger charge is 2.42. The Hall–Kier alpha value is -1.35. The molecule has 1 aliphatic heterocycles. The van der Waals surface area contributed by atoms with Gasteiger partial charge in [-0.15, -0.1) is 0 Å². The molecule has 0 spiro atoms. The Morgan fingerprint density at radius 3 is 2.60 bits per heavy atom. The summed E-state index contributed by atoms with van der Waals surface area (Å²) in [7, 11) is 0. The molecule has 1 aliphatic rings. The lowest BCUT2D eigenvalue weighted by Gasteiger charge is -2.26. The summed E-state index contributed by atoms with van der Waals surface area (Å²) in [5.41, 5.74) is 0.678. The van der Waals surface area contributed by atoms with Gasteiger partial charge in [-0.3, -0.25) is 5.41 Å². The van der Waals surface area contributed by atoms with E-state index in [9.17, 15) is 0 Å². The maximum Gasteiger partial charge on any atom is 0.191 e. The van der Waals surface area contributed by atoms with Crippen molar-refractivity contribution in [3.8, 4) is 0 Å². The van der Waals surface area contributed by atoms with E-state index in [2.05, 4.69) is 0 Å². The van der Waals surface area contributed by atoms with Crippen molar-refractivity contribution in [2.24, 2.45) is 0 Å². The molecule has 2 N–H and O–H groups in total. The Morgan fingerprint density at radius 1 is 1.33 bits per heavy atom. The minimum absolute atomic E-state index is 0.0840. The third kappa shape index (κ3) is 1.63. The first kappa shape index (κ1) is 10.2. The van der Waals surface area contributed by atoms with E-state index in [1.165, 1.54) is 0 Å². The Balaban J connectivity index is 2.39. The van der Waals surface area contributed by atoms with Crippen LogP contribution < -0.4 is 0 Å². The second-order valence-electron chi connectivity index (χ2n) is 3.85. The van der Waals surface area contributed by atoms with E-state index in [4.69, 9.17) is 15.3 Å². The fourth-order valence-electron chi connectivity index (χ4n) is 2.19. The quantitative estimate of drug-likeness (QED) is 0.789. The minimum atomic E-state index is -0.393. The van der Waals surface area contributed by atoms with Crippen molar-refractivity contribution in [2.45, 2.75) is 18.3 Å². The van der Waals surface area contributed by atoms with Crippen LogP contribution in [0.25, 0.3) is 0 Å². The molecule has 3 heteroatoms. The standard InChI is InChI=1S/C12H15NO2/c13-11-12(6-8-14,7-9-15-11)10-4-2-1-3-5-10/h1-5,13-14H,6-9H2. The summed E-state index contributed by atoms with van der Waals surface area (Å²) < 4.78 is 5.25. The molecule has 0 aromatic heterocycles. The highest BCUT2D eigenvalue weighted by atomic mass is 16.5. The van der Waals surface area contributed by atoms with Gasteiger partial charge in [0, 0.05) is 6.61 Å². The lowest BCUT2D eigenvalue weighted by atomic mass is 9.76. The number of aliphatic hydroxyl groups is 1. The van der Waals surface area contributed by atoms with E-state index in [1.54, 1.807) is 0 Å². The van der Waals surface area contributed by atoms with Crippen LogP contribution in [0.3, 0.4) is 0 Å². The van der Waals surface area contributed by atoms with Crippen molar-refractivity contribution in [3.05, 3.63) is 35.9 Å². The summed E-state index contributed by atoms with van der Waals surface area (Å²) in [6, 6.07) is 9.87. The predicted molar refractivity (Wildman–Crippen MR) is 58.1 cm³/mol. The molecular weight excluding hydrogens is 190 g/mol. The van der Waals surface area contributed by atoms with E-state index >= 15 is 0 Å². The van der Waals surface area contributed by atoms with Crippen LogP contribution in [0.15, 0.2) is 30.3 Å². The SMILES string of the molecule is N=C1OCCC1(CCO)c1ccccc1. The van der Waals surface area contributed by atoms with Gasteiger partial charge in [0.05, 0.1) is 12.0 Å². The Labute approximate surface area is 89.2 Å². The van der Waals surface area contributed by atoms with Crippen molar-refractivity contribution >= 4 is 5.90 Å². The molecular formula is C12H15NO2. The van der Waals surface area contributed by atoms with Crippen LogP contribution in [0.1, 0.15) is 18.4 Å². The van der Waals surface area contributed by atoms with Gasteiger partial charge in [0.15, 0.2) is 5.90 Å². The van der Waals surface area contributed by atoms with Crippen LogP contribution >= 0.6 is 0 Å². The second kappa shape index (κ2) is 4.03. The highest BCUT2D eigenvalue weighted by molar-refractivity contribution is 5.87. The lowest BCUT2D eigenvalue weighted by Crippen LogP contribution is -2.32. The van der Waals surface area contributed by atoms with Crippen molar-refractivity contribution in [1.29, 1.82) is 5.41 Å². The fourth-order valence-corrected chi connectivity index (χ4v) is 2.19. The summed E-state index contributed by atoms with van der Waals surface area (Å²) in [6.07, 6.45) is 1.35. The number of nitrogens with one attached hydrogen (secondary N) is 1. The van der Waals surface area contributed by atoms with Gasteiger partial charge in [0.25, 0.3) is 0 Å². The Bertz CT molecular complexity index is 350. The van der Waals surface area contributed by atoms with Crippen LogP contribution in [-0.2, 0) is 10.2 Å². The summed E-state index contributed by atoms with van der Waals surface area (Å²) in [4.78, 5) is 0. The maximum absolute atomic E-state index is 9.12. The van der Waals surface area contributed by atoms with Gasteiger partial charge in [-0.25, -0.2) is 0 Å². The van der Waals surface area contributed by atoms with E-state index in [0.717, 1.165) is 12.0 Å². The number of hydrogen-bond acceptors (Lipinski definition) is 3. The largest absolute Gasteiger partial charge is 0.480 e. The van der Waals surface area contributed by atoms with Crippen LogP contribution in [-0.4, -0.2) is 24.2 Å². The Kier molecular flexibility index (Phi) is 2.73. The molecule has 80 valence electrons. The number of benzene rings is 1. The average molecular weight is 205 g/mol. The van der Waals surface area contributed by atoms with E-state index in [-0.39, 0.29) is 6.61 Å². The summed E-state index contributed by atoms with van der Waals surface area (Å²) in [5.74, 6) is 0.294. The third-order valence-corrected chi connectivity index (χ3v) is 3.07. The highest BCUT2D eigenvalue weighted by Crippen LogP contribution is 2.37. The monoisotopic (exact) mass is 205 g/mol. The first-order valence-corrected chi connectivity index (χ1v) is 5.18. The van der Waals surface area contributed by atoms with E-state index in [0.29, 0.717) is 18.9 Å². The average Bonchev–Trinajstić information content (AvgIpc) is 2.63. The molecule has 1 fully saturated rings. The number of hydrogen-bond donors (Lipinski definition) is 2. The van der Waals surface area contributed by atoms with Gasteiger partial charge in [-0.05, 0) is 18.4 Å². The summed E-state index contributed by atoms with van der Waals surface area (Å²) in [6.45, 7) is 0.661. The van der Waals surface area contributed by atoms with Gasteiger partial charge in [-0.1, -0.05) is 30.3 Å². The normalized spacial score (nSPS) is 25.3. The van der Waals surface area contributed by atoms with Crippen LogP contribution in [0.5, 0.6) is 0 Å². The molecule has 15 heavy (non-hydrogen) atoms. The predicted octanol–water partition coefficient (Wildman–Crippen LogP) is 1.70. The molecule has 0 amide bonds.